The molecule has 4 heterocycles. The minimum atomic E-state index is -0.128. The summed E-state index contributed by atoms with van der Waals surface area (Å²) >= 11 is 0. The molecule has 0 fully saturated rings. The second kappa shape index (κ2) is 13.6. The molecule has 8 aromatic carbocycles. The van der Waals surface area contributed by atoms with Crippen LogP contribution < -0.4 is 0 Å². The molecule has 0 amide bonds. The van der Waals surface area contributed by atoms with E-state index in [0.29, 0.717) is 5.84 Å². The average Bonchev–Trinajstić information content (AvgIpc) is 3.96. The smallest absolute Gasteiger partial charge is 0.159 e. The van der Waals surface area contributed by atoms with Crippen molar-refractivity contribution in [3.8, 4) is 16.8 Å². The van der Waals surface area contributed by atoms with Gasteiger partial charge in [0.15, 0.2) is 11.4 Å². The molecule has 12 rings (SSSR count). The molecule has 5 nitrogen and oxygen atoms in total. The predicted molar refractivity (Wildman–Crippen MR) is 243 cm³/mol. The molecule has 0 bridgehead atoms. The van der Waals surface area contributed by atoms with Gasteiger partial charge in [-0.25, -0.2) is 4.99 Å². The molecule has 0 saturated heterocycles. The van der Waals surface area contributed by atoms with Crippen molar-refractivity contribution in [3.63, 3.8) is 0 Å². The summed E-state index contributed by atoms with van der Waals surface area (Å²) in [6, 6.07) is 64.1. The Morgan fingerprint density at radius 3 is 2.00 bits per heavy atom. The summed E-state index contributed by atoms with van der Waals surface area (Å²) in [5.74, 6) is 0.687. The summed E-state index contributed by atoms with van der Waals surface area (Å²) in [6.07, 6.45) is 2.66. The Bertz CT molecular complexity index is 3480. The van der Waals surface area contributed by atoms with Crippen molar-refractivity contribution < 1.29 is 8.83 Å². The van der Waals surface area contributed by atoms with Crippen molar-refractivity contribution in [1.82, 2.24) is 4.57 Å². The predicted octanol–water partition coefficient (Wildman–Crippen LogP) is 14.4. The molecule has 0 aliphatic carbocycles. The Labute approximate surface area is 340 Å². The number of hydrogen-bond donors (Lipinski definition) is 0. The van der Waals surface area contributed by atoms with Crippen molar-refractivity contribution in [2.45, 2.75) is 25.3 Å². The second-order valence-corrected chi connectivity index (χ2v) is 15.5. The Morgan fingerprint density at radius 2 is 1.14 bits per heavy atom. The third-order valence-electron chi connectivity index (χ3n) is 12.1. The number of nitrogens with zero attached hydrogens (tertiary/aromatic N) is 3. The SMILES string of the molecule is c1ccc(C2=NC(c3cccc4c3oc3ccccc34)=NC(c3ccc4c(c3)oc3c(-n5c6ccccc6c6ccc(-c7ccccc7)cc65)cccc34)CCC2)cc1. The van der Waals surface area contributed by atoms with Gasteiger partial charge in [-0.3, -0.25) is 4.99 Å². The molecule has 3 aromatic heterocycles. The van der Waals surface area contributed by atoms with Crippen LogP contribution in [-0.4, -0.2) is 16.1 Å². The van der Waals surface area contributed by atoms with E-state index in [0.717, 1.165) is 102 Å². The zero-order valence-electron chi connectivity index (χ0n) is 32.2. The fraction of sp³-hybridized carbons (Fsp3) is 0.0741. The van der Waals surface area contributed by atoms with Crippen molar-refractivity contribution in [2.24, 2.45) is 9.98 Å². The highest BCUT2D eigenvalue weighted by Gasteiger charge is 2.23. The first-order valence-electron chi connectivity index (χ1n) is 20.4. The first kappa shape index (κ1) is 33.6. The molecule has 1 unspecified atom stereocenters. The van der Waals surface area contributed by atoms with E-state index < -0.39 is 0 Å². The summed E-state index contributed by atoms with van der Waals surface area (Å²) < 4.78 is 15.9. The summed E-state index contributed by atoms with van der Waals surface area (Å²) in [5.41, 5.74) is 13.2. The highest BCUT2D eigenvalue weighted by molar-refractivity contribution is 6.19. The number of aromatic nitrogens is 1. The molecule has 1 aliphatic heterocycles. The molecular formula is C54H37N3O2. The van der Waals surface area contributed by atoms with Gasteiger partial charge in [0.25, 0.3) is 0 Å². The first-order valence-corrected chi connectivity index (χ1v) is 20.4. The average molecular weight is 760 g/mol. The van der Waals surface area contributed by atoms with Crippen LogP contribution in [0.5, 0.6) is 0 Å². The summed E-state index contributed by atoms with van der Waals surface area (Å²) in [4.78, 5) is 10.9. The largest absolute Gasteiger partial charge is 0.455 e. The van der Waals surface area contributed by atoms with Crippen LogP contribution in [0.15, 0.2) is 201 Å². The first-order chi connectivity index (χ1) is 29.2. The van der Waals surface area contributed by atoms with Crippen molar-refractivity contribution >= 4 is 77.2 Å². The van der Waals surface area contributed by atoms with Crippen LogP contribution in [0.1, 0.15) is 42.0 Å². The van der Waals surface area contributed by atoms with Gasteiger partial charge in [-0.15, -0.1) is 0 Å². The van der Waals surface area contributed by atoms with E-state index in [1.165, 1.54) is 21.9 Å². The Kier molecular flexibility index (Phi) is 7.73. The zero-order valence-corrected chi connectivity index (χ0v) is 32.2. The molecule has 0 N–H and O–H groups in total. The third-order valence-corrected chi connectivity index (χ3v) is 12.1. The Morgan fingerprint density at radius 1 is 0.475 bits per heavy atom. The minimum Gasteiger partial charge on any atom is -0.455 e. The maximum Gasteiger partial charge on any atom is 0.159 e. The molecule has 1 aliphatic rings. The Balaban J connectivity index is 1.02. The maximum atomic E-state index is 6.97. The van der Waals surface area contributed by atoms with Crippen LogP contribution in [0.4, 0.5) is 0 Å². The van der Waals surface area contributed by atoms with Gasteiger partial charge in [-0.05, 0) is 77.9 Å². The van der Waals surface area contributed by atoms with Crippen LogP contribution in [0.25, 0.3) is 82.5 Å². The molecule has 5 heteroatoms. The van der Waals surface area contributed by atoms with Crippen LogP contribution in [0.3, 0.4) is 0 Å². The van der Waals surface area contributed by atoms with E-state index >= 15 is 0 Å². The number of fused-ring (bicyclic) bond motifs is 9. The molecule has 0 saturated carbocycles. The standard InChI is InChI=1S/C54H37N3O2/c1-3-14-34(15-4-1)36-28-30-39-38-18-7-9-25-47(38)57(49(39)32-36)48-26-12-21-43-41-31-29-37(33-51(41)59-53(43)48)46-24-13-23-45(35-16-5-2-6-17-35)55-54(56-46)44-22-11-20-42-40-19-8-10-27-50(40)58-52(42)44/h1-12,14-22,25-33,46H,13,23-24H2. The summed E-state index contributed by atoms with van der Waals surface area (Å²) in [6.45, 7) is 0. The van der Waals surface area contributed by atoms with Crippen molar-refractivity contribution in [3.05, 3.63) is 199 Å². The summed E-state index contributed by atoms with van der Waals surface area (Å²) in [5, 5.41) is 6.76. The molecule has 280 valence electrons. The van der Waals surface area contributed by atoms with Gasteiger partial charge in [0.2, 0.25) is 0 Å². The minimum absolute atomic E-state index is 0.128. The number of furan rings is 2. The molecular weight excluding hydrogens is 723 g/mol. The van der Waals surface area contributed by atoms with Crippen LogP contribution >= 0.6 is 0 Å². The number of hydrogen-bond acceptors (Lipinski definition) is 4. The topological polar surface area (TPSA) is 55.9 Å². The molecule has 1 atom stereocenters. The lowest BCUT2D eigenvalue weighted by atomic mass is 9.96. The molecule has 0 radical (unpaired) electrons. The fourth-order valence-electron chi connectivity index (χ4n) is 9.24. The summed E-state index contributed by atoms with van der Waals surface area (Å²) in [7, 11) is 0. The van der Waals surface area contributed by atoms with E-state index in [2.05, 4.69) is 174 Å². The second-order valence-electron chi connectivity index (χ2n) is 15.5. The van der Waals surface area contributed by atoms with Gasteiger partial charge < -0.3 is 13.4 Å². The van der Waals surface area contributed by atoms with E-state index in [9.17, 15) is 0 Å². The number of benzene rings is 8. The van der Waals surface area contributed by atoms with Gasteiger partial charge in [-0.1, -0.05) is 146 Å². The highest BCUT2D eigenvalue weighted by Crippen LogP contribution is 2.41. The number of amidine groups is 1. The van der Waals surface area contributed by atoms with Crippen LogP contribution in [-0.2, 0) is 0 Å². The number of aliphatic imine (C=N–C) groups is 2. The van der Waals surface area contributed by atoms with E-state index in [-0.39, 0.29) is 6.04 Å². The third kappa shape index (κ3) is 5.53. The Hall–Kier alpha value is -7.50. The molecule has 0 spiro atoms. The molecule has 11 aromatic rings. The lowest BCUT2D eigenvalue weighted by Crippen LogP contribution is -2.13. The van der Waals surface area contributed by atoms with Crippen LogP contribution in [0.2, 0.25) is 0 Å². The van der Waals surface area contributed by atoms with Gasteiger partial charge in [-0.2, -0.15) is 0 Å². The maximum absolute atomic E-state index is 6.97. The van der Waals surface area contributed by atoms with Crippen LogP contribution in [0, 0.1) is 0 Å². The van der Waals surface area contributed by atoms with E-state index in [4.69, 9.17) is 18.8 Å². The van der Waals surface area contributed by atoms with Gasteiger partial charge >= 0.3 is 0 Å². The van der Waals surface area contributed by atoms with Gasteiger partial charge in [0, 0.05) is 32.3 Å². The normalized spacial score (nSPS) is 14.9. The quantitative estimate of drug-likeness (QED) is 0.175. The fourth-order valence-corrected chi connectivity index (χ4v) is 9.24. The number of para-hydroxylation sites is 4. The zero-order chi connectivity index (χ0) is 38.9. The lowest BCUT2D eigenvalue weighted by Gasteiger charge is -2.19. The number of rotatable bonds is 5. The highest BCUT2D eigenvalue weighted by atomic mass is 16.3. The monoisotopic (exact) mass is 759 g/mol. The van der Waals surface area contributed by atoms with Gasteiger partial charge in [0.05, 0.1) is 34.0 Å². The molecule has 59 heavy (non-hydrogen) atoms. The lowest BCUT2D eigenvalue weighted by molar-refractivity contribution is 0.618. The van der Waals surface area contributed by atoms with Crippen molar-refractivity contribution in [1.29, 1.82) is 0 Å². The van der Waals surface area contributed by atoms with E-state index in [1.54, 1.807) is 0 Å². The van der Waals surface area contributed by atoms with E-state index in [1.807, 2.05) is 12.1 Å². The van der Waals surface area contributed by atoms with Gasteiger partial charge in [0.1, 0.15) is 16.7 Å². The van der Waals surface area contributed by atoms with Crippen molar-refractivity contribution in [2.75, 3.05) is 0 Å².